The van der Waals surface area contributed by atoms with E-state index in [2.05, 4.69) is 10.3 Å². The maximum absolute atomic E-state index is 13.8. The van der Waals surface area contributed by atoms with E-state index in [1.54, 1.807) is 0 Å². The van der Waals surface area contributed by atoms with Crippen LogP contribution in [0.2, 0.25) is 0 Å². The Kier molecular flexibility index (Phi) is 5.94. The van der Waals surface area contributed by atoms with Crippen molar-refractivity contribution in [3.8, 4) is 6.07 Å². The Labute approximate surface area is 170 Å². The highest BCUT2D eigenvalue weighted by Crippen LogP contribution is 2.37. The van der Waals surface area contributed by atoms with E-state index in [1.807, 2.05) is 13.8 Å². The minimum atomic E-state index is -4.80. The van der Waals surface area contributed by atoms with Gasteiger partial charge in [-0.2, -0.15) is 22.8 Å². The van der Waals surface area contributed by atoms with Gasteiger partial charge in [0.05, 0.1) is 28.6 Å². The number of urea groups is 1. The van der Waals surface area contributed by atoms with Gasteiger partial charge in [0.25, 0.3) is 0 Å². The number of carbonyl (C=O) groups is 1. The van der Waals surface area contributed by atoms with Gasteiger partial charge in [-0.05, 0) is 38.1 Å². The summed E-state index contributed by atoms with van der Waals surface area (Å²) in [5, 5.41) is 12.3. The second-order valence-corrected chi connectivity index (χ2v) is 7.10. The van der Waals surface area contributed by atoms with Crippen LogP contribution in [0.25, 0.3) is 0 Å². The van der Waals surface area contributed by atoms with Crippen LogP contribution in [0.3, 0.4) is 0 Å². The maximum Gasteiger partial charge on any atom is 0.417 e. The van der Waals surface area contributed by atoms with Gasteiger partial charge in [-0.15, -0.1) is 0 Å². The number of rotatable bonds is 2. The second-order valence-electron chi connectivity index (χ2n) is 7.10. The molecule has 0 unspecified atom stereocenters. The molecule has 0 radical (unpaired) electrons. The molecule has 0 aliphatic carbocycles. The maximum atomic E-state index is 13.8. The summed E-state index contributed by atoms with van der Waals surface area (Å²) in [5.74, 6) is -0.878. The average molecular weight is 421 g/mol. The molecule has 2 heterocycles. The van der Waals surface area contributed by atoms with E-state index >= 15 is 0 Å². The Balaban J connectivity index is 2.14. The zero-order chi connectivity index (χ0) is 22.1. The highest BCUT2D eigenvalue weighted by molar-refractivity contribution is 5.99. The molecule has 3 rings (SSSR count). The zero-order valence-corrected chi connectivity index (χ0v) is 16.2. The molecule has 2 atom stereocenters. The number of nitriles is 1. The third kappa shape index (κ3) is 4.36. The summed E-state index contributed by atoms with van der Waals surface area (Å²) in [7, 11) is 0. The summed E-state index contributed by atoms with van der Waals surface area (Å²) < 4.78 is 54.2. The number of nitrogens with one attached hydrogen (secondary N) is 1. The average Bonchev–Trinajstić information content (AvgIpc) is 2.69. The van der Waals surface area contributed by atoms with E-state index in [4.69, 9.17) is 5.26 Å². The summed E-state index contributed by atoms with van der Waals surface area (Å²) in [5.41, 5.74) is -1.83. The van der Waals surface area contributed by atoms with Crippen LogP contribution < -0.4 is 10.2 Å². The Bertz CT molecular complexity index is 988. The first-order chi connectivity index (χ1) is 14.1. The van der Waals surface area contributed by atoms with Gasteiger partial charge in [-0.1, -0.05) is 0 Å². The van der Waals surface area contributed by atoms with Crippen LogP contribution in [-0.4, -0.2) is 41.1 Å². The highest BCUT2D eigenvalue weighted by Gasteiger charge is 2.36. The van der Waals surface area contributed by atoms with Crippen LogP contribution >= 0.6 is 0 Å². The number of anilines is 2. The molecular formula is C20H19F4N5O. The molecule has 1 aliphatic heterocycles. The minimum absolute atomic E-state index is 0.0205. The van der Waals surface area contributed by atoms with Crippen LogP contribution in [0.15, 0.2) is 36.5 Å². The second kappa shape index (κ2) is 8.28. The molecule has 10 heteroatoms. The van der Waals surface area contributed by atoms with Crippen molar-refractivity contribution in [3.63, 3.8) is 0 Å². The number of hydrogen-bond donors (Lipinski definition) is 1. The van der Waals surface area contributed by atoms with Crippen LogP contribution in [0.1, 0.15) is 25.0 Å². The predicted molar refractivity (Wildman–Crippen MR) is 102 cm³/mol. The topological polar surface area (TPSA) is 72.3 Å². The van der Waals surface area contributed by atoms with Crippen molar-refractivity contribution >= 4 is 17.4 Å². The van der Waals surface area contributed by atoms with Gasteiger partial charge in [-0.3, -0.25) is 4.90 Å². The fourth-order valence-corrected chi connectivity index (χ4v) is 3.32. The lowest BCUT2D eigenvalue weighted by Crippen LogP contribution is -2.58. The lowest BCUT2D eigenvalue weighted by Gasteiger charge is -2.40. The molecule has 0 saturated carbocycles. The number of alkyl halides is 3. The Hall–Kier alpha value is -3.19. The minimum Gasteiger partial charge on any atom is -0.319 e. The first kappa shape index (κ1) is 21.5. The van der Waals surface area contributed by atoms with Crippen LogP contribution in [0, 0.1) is 17.3 Å². The van der Waals surface area contributed by atoms with E-state index in [1.165, 1.54) is 23.1 Å². The molecule has 1 saturated heterocycles. The third-order valence-electron chi connectivity index (χ3n) is 4.86. The van der Waals surface area contributed by atoms with E-state index in [0.29, 0.717) is 13.1 Å². The van der Waals surface area contributed by atoms with Crippen molar-refractivity contribution < 1.29 is 22.4 Å². The standard InChI is InChI=1S/C20H19F4N5O/c1-12-11-28(13(2)10-27-12)19(30)29(16-5-6-26-18(21)8-16)15-4-3-14(9-25)17(7-15)20(22,23)24/h3-8,12-13,27H,10-11H2,1-2H3/t12-,13+/m0/s1. The van der Waals surface area contributed by atoms with Crippen molar-refractivity contribution in [1.29, 1.82) is 5.26 Å². The number of carbonyl (C=O) groups excluding carboxylic acids is 1. The lowest BCUT2D eigenvalue weighted by atomic mass is 10.1. The summed E-state index contributed by atoms with van der Waals surface area (Å²) in [6.07, 6.45) is -3.67. The van der Waals surface area contributed by atoms with Gasteiger partial charge < -0.3 is 10.2 Å². The van der Waals surface area contributed by atoms with Crippen molar-refractivity contribution in [2.45, 2.75) is 32.1 Å². The summed E-state index contributed by atoms with van der Waals surface area (Å²) in [6.45, 7) is 4.52. The van der Waals surface area contributed by atoms with Gasteiger partial charge in [-0.25, -0.2) is 9.78 Å². The molecular weight excluding hydrogens is 402 g/mol. The Morgan fingerprint density at radius 1 is 1.27 bits per heavy atom. The van der Waals surface area contributed by atoms with E-state index in [9.17, 15) is 22.4 Å². The van der Waals surface area contributed by atoms with Crippen LogP contribution in [0.4, 0.5) is 33.7 Å². The van der Waals surface area contributed by atoms with Crippen molar-refractivity contribution in [1.82, 2.24) is 15.2 Å². The number of hydrogen-bond acceptors (Lipinski definition) is 4. The van der Waals surface area contributed by atoms with Gasteiger partial charge in [0.1, 0.15) is 0 Å². The first-order valence-corrected chi connectivity index (χ1v) is 9.19. The van der Waals surface area contributed by atoms with E-state index < -0.39 is 29.3 Å². The Morgan fingerprint density at radius 3 is 2.60 bits per heavy atom. The van der Waals surface area contributed by atoms with Crippen molar-refractivity contribution in [3.05, 3.63) is 53.6 Å². The number of halogens is 4. The molecule has 1 aromatic heterocycles. The van der Waals surface area contributed by atoms with Crippen molar-refractivity contribution in [2.24, 2.45) is 0 Å². The summed E-state index contributed by atoms with van der Waals surface area (Å²) in [6, 6.07) is 5.93. The molecule has 1 fully saturated rings. The smallest absolute Gasteiger partial charge is 0.319 e. The van der Waals surface area contributed by atoms with Gasteiger partial charge in [0.15, 0.2) is 0 Å². The summed E-state index contributed by atoms with van der Waals surface area (Å²) >= 11 is 0. The Morgan fingerprint density at radius 2 is 1.97 bits per heavy atom. The van der Waals surface area contributed by atoms with E-state index in [-0.39, 0.29) is 23.5 Å². The number of pyridine rings is 1. The molecule has 158 valence electrons. The summed E-state index contributed by atoms with van der Waals surface area (Å²) in [4.78, 5) is 19.4. The SMILES string of the molecule is C[C@@H]1CN[C@@H](C)CN1C(=O)N(c1ccnc(F)c1)c1ccc(C#N)c(C(F)(F)F)c1. The van der Waals surface area contributed by atoms with Gasteiger partial charge in [0, 0.05) is 37.4 Å². The molecule has 1 N–H and O–H groups in total. The van der Waals surface area contributed by atoms with Crippen molar-refractivity contribution in [2.75, 3.05) is 18.0 Å². The molecule has 30 heavy (non-hydrogen) atoms. The molecule has 2 aromatic rings. The van der Waals surface area contributed by atoms with Gasteiger partial charge in [0.2, 0.25) is 5.95 Å². The van der Waals surface area contributed by atoms with E-state index in [0.717, 1.165) is 29.3 Å². The number of benzene rings is 1. The third-order valence-corrected chi connectivity index (χ3v) is 4.86. The predicted octanol–water partition coefficient (Wildman–Crippen LogP) is 4.05. The largest absolute Gasteiger partial charge is 0.417 e. The molecule has 6 nitrogen and oxygen atoms in total. The molecule has 1 aromatic carbocycles. The monoisotopic (exact) mass is 421 g/mol. The molecule has 1 aliphatic rings. The fraction of sp³-hybridized carbons (Fsp3) is 0.350. The zero-order valence-electron chi connectivity index (χ0n) is 16.2. The normalized spacial score (nSPS) is 19.3. The van der Waals surface area contributed by atoms with Gasteiger partial charge >= 0.3 is 12.2 Å². The van der Waals surface area contributed by atoms with Crippen LogP contribution in [-0.2, 0) is 6.18 Å². The highest BCUT2D eigenvalue weighted by atomic mass is 19.4. The quantitative estimate of drug-likeness (QED) is 0.587. The number of piperazine rings is 1. The number of aromatic nitrogens is 1. The number of amides is 2. The molecule has 0 bridgehead atoms. The first-order valence-electron chi connectivity index (χ1n) is 9.19. The molecule has 0 spiro atoms. The lowest BCUT2D eigenvalue weighted by molar-refractivity contribution is -0.137. The van der Waals surface area contributed by atoms with Crippen LogP contribution in [0.5, 0.6) is 0 Å². The molecule has 2 amide bonds. The fourth-order valence-electron chi connectivity index (χ4n) is 3.32. The number of nitrogens with zero attached hydrogens (tertiary/aromatic N) is 4.